The van der Waals surface area contributed by atoms with Crippen LogP contribution in [0.1, 0.15) is 55.8 Å². The summed E-state index contributed by atoms with van der Waals surface area (Å²) in [5.74, 6) is -1.21. The number of rotatable bonds is 12. The molecular formula is C35H39N7O6. The van der Waals surface area contributed by atoms with Crippen LogP contribution < -0.4 is 10.2 Å². The average Bonchev–Trinajstić information content (AvgIpc) is 3.68. The van der Waals surface area contributed by atoms with Gasteiger partial charge in [0, 0.05) is 32.1 Å². The van der Waals surface area contributed by atoms with Crippen molar-refractivity contribution in [3.8, 4) is 0 Å². The summed E-state index contributed by atoms with van der Waals surface area (Å²) < 4.78 is 12.2. The summed E-state index contributed by atoms with van der Waals surface area (Å²) in [4.78, 5) is 60.6. The van der Waals surface area contributed by atoms with Gasteiger partial charge >= 0.3 is 11.9 Å². The first kappa shape index (κ1) is 32.6. The molecule has 0 unspecified atom stereocenters. The van der Waals surface area contributed by atoms with Crippen LogP contribution in [0.3, 0.4) is 0 Å². The van der Waals surface area contributed by atoms with Crippen molar-refractivity contribution < 1.29 is 28.7 Å². The monoisotopic (exact) mass is 653 g/mol. The van der Waals surface area contributed by atoms with Gasteiger partial charge in [0.05, 0.1) is 50.5 Å². The number of nitrogens with one attached hydrogen (secondary N) is 1. The Morgan fingerprint density at radius 3 is 2.44 bits per heavy atom. The Balaban J connectivity index is 1.33. The number of esters is 2. The van der Waals surface area contributed by atoms with E-state index in [0.29, 0.717) is 37.6 Å². The number of benzene rings is 2. The predicted molar refractivity (Wildman–Crippen MR) is 175 cm³/mol. The molecule has 13 heteroatoms. The maximum absolute atomic E-state index is 13.7. The SMILES string of the molecule is COC(=O)C1=C(C(=O)OC)[C@@H]2N(CCCCCn3cc(CNC(C)=O)nn3)c3ccccc3[C@@]23CCC(=O)N(Cc2ccccc2)C3=N1. The number of ether oxygens (including phenoxy) is 2. The lowest BCUT2D eigenvalue weighted by molar-refractivity contribution is -0.140. The summed E-state index contributed by atoms with van der Waals surface area (Å²) in [6, 6.07) is 17.0. The number of hydrogen-bond donors (Lipinski definition) is 1. The standard InChI is InChI=1S/C35H39N7O6/c1-23(43)36-20-25-22-40(39-38-25)18-10-5-11-19-41-27-15-9-8-14-26(27)35-17-16-28(44)42(21-24-12-6-4-7-13-24)34(35)37-30(33(46)48-3)29(31(35)41)32(45)47-2/h4,6-9,12-15,22,31H,5,10-11,16-21H2,1-3H3,(H,36,43)/t31-,35-/m0/s1. The molecule has 1 N–H and O–H groups in total. The smallest absolute Gasteiger partial charge is 0.357 e. The Morgan fingerprint density at radius 1 is 0.958 bits per heavy atom. The summed E-state index contributed by atoms with van der Waals surface area (Å²) in [5, 5.41) is 11.0. The number of unbranched alkanes of at least 4 members (excludes halogenated alkanes) is 2. The van der Waals surface area contributed by atoms with Crippen molar-refractivity contribution in [2.45, 2.75) is 70.1 Å². The number of piperidine rings is 1. The number of carbonyl (C=O) groups is 4. The van der Waals surface area contributed by atoms with Crippen LogP contribution in [0, 0.1) is 0 Å². The molecule has 0 aliphatic carbocycles. The number of anilines is 1. The Labute approximate surface area is 278 Å². The Hall–Kier alpha value is -5.33. The second-order valence-corrected chi connectivity index (χ2v) is 12.2. The predicted octanol–water partition coefficient (Wildman–Crippen LogP) is 3.05. The topological polar surface area (TPSA) is 148 Å². The van der Waals surface area contributed by atoms with Gasteiger partial charge in [-0.1, -0.05) is 53.7 Å². The van der Waals surface area contributed by atoms with E-state index >= 15 is 0 Å². The second-order valence-electron chi connectivity index (χ2n) is 12.2. The van der Waals surface area contributed by atoms with Gasteiger partial charge in [0.25, 0.3) is 0 Å². The molecule has 13 nitrogen and oxygen atoms in total. The van der Waals surface area contributed by atoms with Gasteiger partial charge in [-0.3, -0.25) is 19.2 Å². The average molecular weight is 654 g/mol. The van der Waals surface area contributed by atoms with Crippen LogP contribution in [0.2, 0.25) is 0 Å². The number of aromatic nitrogens is 3. The molecule has 4 heterocycles. The molecule has 1 saturated heterocycles. The van der Waals surface area contributed by atoms with Gasteiger partial charge in [0.2, 0.25) is 11.8 Å². The third-order valence-corrected chi connectivity index (χ3v) is 9.27. The zero-order chi connectivity index (χ0) is 33.8. The molecular weight excluding hydrogens is 614 g/mol. The maximum Gasteiger partial charge on any atom is 0.357 e. The van der Waals surface area contributed by atoms with Crippen LogP contribution in [-0.2, 0) is 53.7 Å². The lowest BCUT2D eigenvalue weighted by Gasteiger charge is -2.48. The van der Waals surface area contributed by atoms with Crippen molar-refractivity contribution in [1.29, 1.82) is 0 Å². The van der Waals surface area contributed by atoms with Gasteiger partial charge in [-0.2, -0.15) is 0 Å². The molecule has 0 radical (unpaired) electrons. The fourth-order valence-electron chi connectivity index (χ4n) is 7.16. The van der Waals surface area contributed by atoms with Crippen molar-refractivity contribution in [3.63, 3.8) is 0 Å². The van der Waals surface area contributed by atoms with Crippen LogP contribution in [-0.4, -0.2) is 76.3 Å². The molecule has 2 atom stereocenters. The molecule has 1 fully saturated rings. The molecule has 1 spiro atoms. The number of nitrogens with zero attached hydrogens (tertiary/aromatic N) is 6. The third kappa shape index (κ3) is 5.96. The molecule has 3 aliphatic heterocycles. The number of aliphatic imine (C=N–C) groups is 1. The highest BCUT2D eigenvalue weighted by Gasteiger charge is 2.63. The van der Waals surface area contributed by atoms with Crippen LogP contribution in [0.25, 0.3) is 0 Å². The van der Waals surface area contributed by atoms with Crippen LogP contribution in [0.4, 0.5) is 5.69 Å². The van der Waals surface area contributed by atoms with E-state index in [-0.39, 0.29) is 36.1 Å². The zero-order valence-corrected chi connectivity index (χ0v) is 27.3. The molecule has 3 aromatic rings. The van der Waals surface area contributed by atoms with Crippen LogP contribution in [0.5, 0.6) is 0 Å². The van der Waals surface area contributed by atoms with Gasteiger partial charge in [0.1, 0.15) is 11.5 Å². The second kappa shape index (κ2) is 13.8. The van der Waals surface area contributed by atoms with Crippen LogP contribution >= 0.6 is 0 Å². The number of hydrogen-bond acceptors (Lipinski definition) is 10. The number of fused-ring (bicyclic) bond motifs is 1. The largest absolute Gasteiger partial charge is 0.466 e. The van der Waals surface area contributed by atoms with E-state index in [0.717, 1.165) is 36.1 Å². The lowest BCUT2D eigenvalue weighted by Crippen LogP contribution is -2.63. The van der Waals surface area contributed by atoms with Gasteiger partial charge < -0.3 is 19.7 Å². The third-order valence-electron chi connectivity index (χ3n) is 9.27. The summed E-state index contributed by atoms with van der Waals surface area (Å²) in [5.41, 5.74) is 2.59. The minimum Gasteiger partial charge on any atom is -0.466 e. The summed E-state index contributed by atoms with van der Waals surface area (Å²) in [6.07, 6.45) is 4.93. The van der Waals surface area contributed by atoms with Gasteiger partial charge in [-0.15, -0.1) is 5.10 Å². The molecule has 250 valence electrons. The van der Waals surface area contributed by atoms with E-state index in [1.54, 1.807) is 9.58 Å². The molecule has 2 aromatic carbocycles. The number of aryl methyl sites for hydroxylation is 1. The van der Waals surface area contributed by atoms with E-state index in [4.69, 9.17) is 14.5 Å². The summed E-state index contributed by atoms with van der Waals surface area (Å²) >= 11 is 0. The minimum atomic E-state index is -0.884. The van der Waals surface area contributed by atoms with E-state index in [1.165, 1.54) is 21.1 Å². The highest BCUT2D eigenvalue weighted by molar-refractivity contribution is 6.15. The highest BCUT2D eigenvalue weighted by Crippen LogP contribution is 2.56. The van der Waals surface area contributed by atoms with Crippen molar-refractivity contribution >= 4 is 35.3 Å². The molecule has 3 aliphatic rings. The first-order valence-electron chi connectivity index (χ1n) is 16.1. The minimum absolute atomic E-state index is 0.100. The number of likely N-dealkylation sites (tertiary alicyclic amines) is 1. The lowest BCUT2D eigenvalue weighted by atomic mass is 9.65. The van der Waals surface area contributed by atoms with Gasteiger partial charge in [-0.05, 0) is 42.9 Å². The summed E-state index contributed by atoms with van der Waals surface area (Å²) in [6.45, 7) is 3.29. The quantitative estimate of drug-likeness (QED) is 0.230. The fourth-order valence-corrected chi connectivity index (χ4v) is 7.16. The normalized spacial score (nSPS) is 19.7. The van der Waals surface area contributed by atoms with Crippen molar-refractivity contribution in [2.75, 3.05) is 25.7 Å². The van der Waals surface area contributed by atoms with E-state index in [2.05, 4.69) is 20.5 Å². The summed E-state index contributed by atoms with van der Waals surface area (Å²) in [7, 11) is 2.54. The molecule has 2 amide bonds. The first-order chi connectivity index (χ1) is 23.3. The van der Waals surface area contributed by atoms with Crippen LogP contribution in [0.15, 0.2) is 77.1 Å². The first-order valence-corrected chi connectivity index (χ1v) is 16.1. The highest BCUT2D eigenvalue weighted by atomic mass is 16.5. The number of methoxy groups -OCH3 is 2. The molecule has 1 aromatic heterocycles. The zero-order valence-electron chi connectivity index (χ0n) is 27.3. The molecule has 48 heavy (non-hydrogen) atoms. The number of carbonyl (C=O) groups excluding carboxylic acids is 4. The fraction of sp³-hybridized carbons (Fsp3) is 0.400. The van der Waals surface area contributed by atoms with Gasteiger partial charge in [0.15, 0.2) is 5.70 Å². The van der Waals surface area contributed by atoms with E-state index in [1.807, 2.05) is 60.8 Å². The number of para-hydroxylation sites is 1. The van der Waals surface area contributed by atoms with E-state index < -0.39 is 23.4 Å². The number of amidine groups is 1. The molecule has 0 saturated carbocycles. The van der Waals surface area contributed by atoms with Gasteiger partial charge in [-0.25, -0.2) is 14.6 Å². The maximum atomic E-state index is 13.7. The Morgan fingerprint density at radius 2 is 1.69 bits per heavy atom. The van der Waals surface area contributed by atoms with Crippen molar-refractivity contribution in [3.05, 3.63) is 88.9 Å². The number of amides is 2. The molecule has 6 rings (SSSR count). The Kier molecular flexibility index (Phi) is 9.37. The van der Waals surface area contributed by atoms with Crippen molar-refractivity contribution in [2.24, 2.45) is 4.99 Å². The van der Waals surface area contributed by atoms with E-state index in [9.17, 15) is 19.2 Å². The Bertz CT molecular complexity index is 1780. The van der Waals surface area contributed by atoms with Crippen molar-refractivity contribution in [1.82, 2.24) is 25.2 Å². The molecule has 0 bridgehead atoms.